The molecule has 0 bridgehead atoms. The quantitative estimate of drug-likeness (QED) is 0.633. The predicted molar refractivity (Wildman–Crippen MR) is 68.5 cm³/mol. The molecule has 2 aromatic heterocycles. The summed E-state index contributed by atoms with van der Waals surface area (Å²) in [6.07, 6.45) is 0. The Bertz CT molecular complexity index is 596. The van der Waals surface area contributed by atoms with Gasteiger partial charge in [0.2, 0.25) is 11.8 Å². The minimum absolute atomic E-state index is 0.0896. The largest absolute Gasteiger partial charge is 0.419 e. The summed E-state index contributed by atoms with van der Waals surface area (Å²) in [5, 5.41) is 20.3. The van der Waals surface area contributed by atoms with E-state index in [-0.39, 0.29) is 11.6 Å². The molecule has 0 amide bonds. The number of nitrogens with zero attached hydrogens (tertiary/aromatic N) is 3. The van der Waals surface area contributed by atoms with E-state index in [1.165, 1.54) is 12.1 Å². The van der Waals surface area contributed by atoms with Gasteiger partial charge in [0.1, 0.15) is 5.82 Å². The fourth-order valence-corrected chi connectivity index (χ4v) is 1.47. The summed E-state index contributed by atoms with van der Waals surface area (Å²) in [6, 6.07) is 4.28. The highest BCUT2D eigenvalue weighted by atomic mass is 16.6. The van der Waals surface area contributed by atoms with Crippen molar-refractivity contribution in [3.8, 4) is 11.8 Å². The number of hydrogen-bond donors (Lipinski definition) is 2. The number of hydrogen-bond acceptors (Lipinski definition) is 6. The summed E-state index contributed by atoms with van der Waals surface area (Å²) >= 11 is 0. The van der Waals surface area contributed by atoms with Gasteiger partial charge in [0.05, 0.1) is 17.1 Å². The Morgan fingerprint density at radius 3 is 2.79 bits per heavy atom. The molecule has 0 radical (unpaired) electrons. The van der Waals surface area contributed by atoms with Gasteiger partial charge in [0, 0.05) is 18.3 Å². The lowest BCUT2D eigenvalue weighted by Gasteiger charge is -2.05. The van der Waals surface area contributed by atoms with Gasteiger partial charge in [-0.15, -0.1) is 5.10 Å². The number of aromatic amines is 1. The number of rotatable bonds is 5. The Kier molecular flexibility index (Phi) is 3.60. The molecule has 0 atom stereocenters. The first kappa shape index (κ1) is 12.8. The summed E-state index contributed by atoms with van der Waals surface area (Å²) in [7, 11) is 0. The van der Waals surface area contributed by atoms with Gasteiger partial charge >= 0.3 is 0 Å². The van der Waals surface area contributed by atoms with Crippen molar-refractivity contribution >= 4 is 11.5 Å². The molecule has 2 heterocycles. The molecule has 0 aliphatic rings. The molecule has 8 nitrogen and oxygen atoms in total. The molecule has 2 rings (SSSR count). The first-order valence-corrected chi connectivity index (χ1v) is 5.68. The monoisotopic (exact) mass is 263 g/mol. The second-order valence-corrected chi connectivity index (χ2v) is 3.83. The van der Waals surface area contributed by atoms with Gasteiger partial charge < -0.3 is 10.1 Å². The summed E-state index contributed by atoms with van der Waals surface area (Å²) in [5.41, 5.74) is 0.737. The van der Waals surface area contributed by atoms with Crippen LogP contribution in [-0.4, -0.2) is 26.6 Å². The van der Waals surface area contributed by atoms with Gasteiger partial charge in [-0.1, -0.05) is 0 Å². The zero-order valence-electron chi connectivity index (χ0n) is 10.5. The molecule has 2 N–H and O–H groups in total. The summed E-state index contributed by atoms with van der Waals surface area (Å²) in [4.78, 5) is 14.5. The third-order valence-corrected chi connectivity index (χ3v) is 2.25. The van der Waals surface area contributed by atoms with Gasteiger partial charge in [-0.25, -0.2) is 0 Å². The second-order valence-electron chi connectivity index (χ2n) is 3.83. The van der Waals surface area contributed by atoms with Crippen molar-refractivity contribution in [2.45, 2.75) is 13.8 Å². The lowest BCUT2D eigenvalue weighted by atomic mass is 10.4. The Balaban J connectivity index is 2.30. The van der Waals surface area contributed by atoms with E-state index in [2.05, 4.69) is 20.5 Å². The third-order valence-electron chi connectivity index (χ3n) is 2.25. The van der Waals surface area contributed by atoms with Crippen LogP contribution in [0.1, 0.15) is 12.6 Å². The standard InChI is InChI=1S/C11H13N5O3/c1-3-12-9-5-8(16(17)18)6-10(13-9)19-11-4-7(2)14-15-11/h4-6H,3H2,1-2H3,(H,12,13)(H,14,15). The number of aromatic nitrogens is 3. The lowest BCUT2D eigenvalue weighted by molar-refractivity contribution is -0.384. The number of H-pyrrole nitrogens is 1. The molecule has 0 unspecified atom stereocenters. The number of anilines is 1. The molecule has 0 aliphatic carbocycles. The van der Waals surface area contributed by atoms with Gasteiger partial charge in [-0.2, -0.15) is 4.98 Å². The Morgan fingerprint density at radius 1 is 1.42 bits per heavy atom. The van der Waals surface area contributed by atoms with Gasteiger partial charge in [0.15, 0.2) is 0 Å². The zero-order valence-corrected chi connectivity index (χ0v) is 10.5. The second kappa shape index (κ2) is 5.34. The molecule has 8 heteroatoms. The van der Waals surface area contributed by atoms with Crippen LogP contribution in [0.5, 0.6) is 11.8 Å². The maximum atomic E-state index is 10.8. The van der Waals surface area contributed by atoms with Crippen molar-refractivity contribution in [1.29, 1.82) is 0 Å². The summed E-state index contributed by atoms with van der Waals surface area (Å²) in [5.74, 6) is 0.823. The van der Waals surface area contributed by atoms with Gasteiger partial charge in [-0.3, -0.25) is 15.2 Å². The van der Waals surface area contributed by atoms with Crippen LogP contribution in [0.4, 0.5) is 11.5 Å². The van der Waals surface area contributed by atoms with Crippen LogP contribution < -0.4 is 10.1 Å². The average molecular weight is 263 g/mol. The zero-order chi connectivity index (χ0) is 13.8. The minimum Gasteiger partial charge on any atom is -0.419 e. The number of nitrogens with one attached hydrogen (secondary N) is 2. The van der Waals surface area contributed by atoms with E-state index in [0.29, 0.717) is 18.2 Å². The van der Waals surface area contributed by atoms with Crippen LogP contribution >= 0.6 is 0 Å². The van der Waals surface area contributed by atoms with E-state index < -0.39 is 4.92 Å². The van der Waals surface area contributed by atoms with Crippen LogP contribution in [0.15, 0.2) is 18.2 Å². The van der Waals surface area contributed by atoms with Crippen molar-refractivity contribution in [2.24, 2.45) is 0 Å². The Labute approximate surface area is 109 Å². The molecule has 0 spiro atoms. The first-order valence-electron chi connectivity index (χ1n) is 5.68. The van der Waals surface area contributed by atoms with Crippen LogP contribution in [0.2, 0.25) is 0 Å². The molecule has 0 saturated heterocycles. The van der Waals surface area contributed by atoms with Crippen molar-refractivity contribution in [2.75, 3.05) is 11.9 Å². The fourth-order valence-electron chi connectivity index (χ4n) is 1.47. The molecular formula is C11H13N5O3. The molecular weight excluding hydrogens is 250 g/mol. The van der Waals surface area contributed by atoms with Crippen LogP contribution in [0.3, 0.4) is 0 Å². The van der Waals surface area contributed by atoms with Gasteiger partial charge in [-0.05, 0) is 13.8 Å². The lowest BCUT2D eigenvalue weighted by Crippen LogP contribution is -2.02. The maximum absolute atomic E-state index is 10.8. The molecule has 19 heavy (non-hydrogen) atoms. The summed E-state index contributed by atoms with van der Waals surface area (Å²) in [6.45, 7) is 4.30. The highest BCUT2D eigenvalue weighted by molar-refractivity contribution is 5.48. The number of ether oxygens (including phenoxy) is 1. The topological polar surface area (TPSA) is 106 Å². The van der Waals surface area contributed by atoms with Crippen LogP contribution in [0.25, 0.3) is 0 Å². The first-order chi connectivity index (χ1) is 9.08. The average Bonchev–Trinajstić information content (AvgIpc) is 2.75. The maximum Gasteiger partial charge on any atom is 0.278 e. The fraction of sp³-hybridized carbons (Fsp3) is 0.273. The number of pyridine rings is 1. The van der Waals surface area contributed by atoms with E-state index in [9.17, 15) is 10.1 Å². The Morgan fingerprint density at radius 2 is 2.21 bits per heavy atom. The van der Waals surface area contributed by atoms with E-state index in [4.69, 9.17) is 4.74 Å². The van der Waals surface area contributed by atoms with E-state index in [0.717, 1.165) is 5.69 Å². The van der Waals surface area contributed by atoms with Crippen molar-refractivity contribution < 1.29 is 9.66 Å². The normalized spacial score (nSPS) is 10.2. The van der Waals surface area contributed by atoms with E-state index >= 15 is 0 Å². The highest BCUT2D eigenvalue weighted by Crippen LogP contribution is 2.25. The molecule has 0 saturated carbocycles. The van der Waals surface area contributed by atoms with E-state index in [1.807, 2.05) is 13.8 Å². The molecule has 0 aliphatic heterocycles. The summed E-state index contributed by atoms with van der Waals surface area (Å²) < 4.78 is 5.38. The van der Waals surface area contributed by atoms with E-state index in [1.54, 1.807) is 6.07 Å². The Hall–Kier alpha value is -2.64. The van der Waals surface area contributed by atoms with Crippen LogP contribution in [0, 0.1) is 17.0 Å². The smallest absolute Gasteiger partial charge is 0.278 e. The number of nitro groups is 1. The van der Waals surface area contributed by atoms with Gasteiger partial charge in [0.25, 0.3) is 5.69 Å². The van der Waals surface area contributed by atoms with Crippen LogP contribution in [-0.2, 0) is 0 Å². The predicted octanol–water partition coefficient (Wildman–Crippen LogP) is 2.25. The van der Waals surface area contributed by atoms with Crippen molar-refractivity contribution in [3.05, 3.63) is 34.0 Å². The molecule has 0 fully saturated rings. The SMILES string of the molecule is CCNc1cc([N+](=O)[O-])cc(Oc2cc(C)[nH]n2)n1. The third kappa shape index (κ3) is 3.18. The van der Waals surface area contributed by atoms with Crippen molar-refractivity contribution in [1.82, 2.24) is 15.2 Å². The van der Waals surface area contributed by atoms with Crippen molar-refractivity contribution in [3.63, 3.8) is 0 Å². The minimum atomic E-state index is -0.495. The molecule has 0 aromatic carbocycles. The highest BCUT2D eigenvalue weighted by Gasteiger charge is 2.13. The number of aryl methyl sites for hydroxylation is 1. The molecule has 2 aromatic rings. The molecule has 100 valence electrons.